The van der Waals surface area contributed by atoms with Crippen LogP contribution in [0.25, 0.3) is 0 Å². The first-order chi connectivity index (χ1) is 11.4. The molecule has 1 fully saturated rings. The molecule has 2 amide bonds. The Morgan fingerprint density at radius 3 is 2.24 bits per heavy atom. The fourth-order valence-corrected chi connectivity index (χ4v) is 3.01. The molecule has 140 valence electrons. The van der Waals surface area contributed by atoms with Crippen LogP contribution in [-0.2, 0) is 14.3 Å². The first-order valence-electron chi connectivity index (χ1n) is 7.76. The average molecular weight is 391 g/mol. The molecule has 0 saturated carbocycles. The molecule has 2 atom stereocenters. The normalized spacial score (nSPS) is 17.5. The Hall–Kier alpha value is -1.38. The third-order valence-corrected chi connectivity index (χ3v) is 4.36. The van der Waals surface area contributed by atoms with Crippen molar-refractivity contribution in [2.45, 2.75) is 12.1 Å². The summed E-state index contributed by atoms with van der Waals surface area (Å²) in [4.78, 5) is 27.8. The number of piperazine rings is 1. The van der Waals surface area contributed by atoms with Crippen LogP contribution in [0.2, 0.25) is 5.02 Å². The van der Waals surface area contributed by atoms with E-state index in [2.05, 4.69) is 0 Å². The number of carbonyl (C=O) groups excluding carboxylic acids is 2. The van der Waals surface area contributed by atoms with Gasteiger partial charge >= 0.3 is 0 Å². The van der Waals surface area contributed by atoms with Crippen LogP contribution in [0.4, 0.5) is 0 Å². The summed E-state index contributed by atoms with van der Waals surface area (Å²) in [5, 5.41) is 0.601. The summed E-state index contributed by atoms with van der Waals surface area (Å²) in [6.45, 7) is 2.26. The lowest BCUT2D eigenvalue weighted by Crippen LogP contribution is -2.55. The minimum atomic E-state index is -0.662. The van der Waals surface area contributed by atoms with Crippen LogP contribution in [0.3, 0.4) is 0 Å². The molecular formula is C16H24Cl2N4O3. The van der Waals surface area contributed by atoms with Crippen molar-refractivity contribution in [3.63, 3.8) is 0 Å². The quantitative estimate of drug-likeness (QED) is 0.731. The number of hydrogen-bond donors (Lipinski definition) is 2. The SMILES string of the molecule is COCC(N)C(=O)N1CCN(C(C(N)=O)c2ccc(Cl)cc2)CC1.Cl. The third kappa shape index (κ3) is 5.55. The summed E-state index contributed by atoms with van der Waals surface area (Å²) in [6, 6.07) is 5.86. The number of hydrogen-bond acceptors (Lipinski definition) is 5. The summed E-state index contributed by atoms with van der Waals surface area (Å²) in [7, 11) is 1.51. The van der Waals surface area contributed by atoms with Crippen molar-refractivity contribution in [1.29, 1.82) is 0 Å². The van der Waals surface area contributed by atoms with Gasteiger partial charge in [-0.2, -0.15) is 0 Å². The van der Waals surface area contributed by atoms with Crippen molar-refractivity contribution in [2.75, 3.05) is 39.9 Å². The van der Waals surface area contributed by atoms with E-state index < -0.39 is 18.0 Å². The second kappa shape index (κ2) is 9.94. The van der Waals surface area contributed by atoms with Crippen LogP contribution in [0.15, 0.2) is 24.3 Å². The molecule has 7 nitrogen and oxygen atoms in total. The van der Waals surface area contributed by atoms with Crippen LogP contribution in [-0.4, -0.2) is 67.6 Å². The molecule has 0 aromatic heterocycles. The monoisotopic (exact) mass is 390 g/mol. The van der Waals surface area contributed by atoms with Gasteiger partial charge in [0.2, 0.25) is 11.8 Å². The van der Waals surface area contributed by atoms with Crippen molar-refractivity contribution >= 4 is 35.8 Å². The summed E-state index contributed by atoms with van der Waals surface area (Å²) in [5.74, 6) is -0.563. The van der Waals surface area contributed by atoms with Gasteiger partial charge in [0.25, 0.3) is 0 Å². The fourth-order valence-electron chi connectivity index (χ4n) is 2.89. The first kappa shape index (κ1) is 21.7. The van der Waals surface area contributed by atoms with E-state index in [4.69, 9.17) is 27.8 Å². The number of halogens is 2. The van der Waals surface area contributed by atoms with Crippen molar-refractivity contribution < 1.29 is 14.3 Å². The van der Waals surface area contributed by atoms with Gasteiger partial charge in [-0.1, -0.05) is 23.7 Å². The van der Waals surface area contributed by atoms with E-state index in [0.29, 0.717) is 31.2 Å². The zero-order valence-electron chi connectivity index (χ0n) is 14.1. The smallest absolute Gasteiger partial charge is 0.241 e. The van der Waals surface area contributed by atoms with Gasteiger partial charge in [0.1, 0.15) is 12.1 Å². The Labute approximate surface area is 158 Å². The highest BCUT2D eigenvalue weighted by atomic mass is 35.5. The molecule has 1 saturated heterocycles. The summed E-state index contributed by atoms with van der Waals surface area (Å²) in [6.07, 6.45) is 0. The van der Waals surface area contributed by atoms with Gasteiger partial charge in [0, 0.05) is 38.3 Å². The highest BCUT2D eigenvalue weighted by molar-refractivity contribution is 6.30. The molecule has 1 aliphatic rings. The molecule has 1 aliphatic heterocycles. The lowest BCUT2D eigenvalue weighted by Gasteiger charge is -2.39. The van der Waals surface area contributed by atoms with Crippen molar-refractivity contribution in [3.05, 3.63) is 34.9 Å². The predicted molar refractivity (Wildman–Crippen MR) is 98.6 cm³/mol. The second-order valence-electron chi connectivity index (χ2n) is 5.78. The first-order valence-corrected chi connectivity index (χ1v) is 8.14. The zero-order chi connectivity index (χ0) is 17.7. The third-order valence-electron chi connectivity index (χ3n) is 4.11. The molecule has 0 spiro atoms. The van der Waals surface area contributed by atoms with Crippen LogP contribution in [0, 0.1) is 0 Å². The van der Waals surface area contributed by atoms with Gasteiger partial charge in [-0.05, 0) is 17.7 Å². The van der Waals surface area contributed by atoms with E-state index in [-0.39, 0.29) is 24.9 Å². The minimum Gasteiger partial charge on any atom is -0.383 e. The Morgan fingerprint density at radius 1 is 1.20 bits per heavy atom. The second-order valence-corrected chi connectivity index (χ2v) is 6.22. The molecule has 2 rings (SSSR count). The highest BCUT2D eigenvalue weighted by Crippen LogP contribution is 2.23. The number of ether oxygens (including phenoxy) is 1. The number of nitrogens with two attached hydrogens (primary N) is 2. The number of carbonyl (C=O) groups is 2. The standard InChI is InChI=1S/C16H23ClN4O3.ClH/c1-24-10-13(18)16(23)21-8-6-20(7-9-21)14(15(19)22)11-2-4-12(17)5-3-11;/h2-5,13-14H,6-10,18H2,1H3,(H2,19,22);1H. The van der Waals surface area contributed by atoms with Crippen molar-refractivity contribution in [3.8, 4) is 0 Å². The molecule has 4 N–H and O–H groups in total. The number of amides is 2. The Morgan fingerprint density at radius 2 is 1.76 bits per heavy atom. The number of primary amides is 1. The molecule has 0 radical (unpaired) electrons. The maximum absolute atomic E-state index is 12.2. The fraction of sp³-hybridized carbons (Fsp3) is 0.500. The van der Waals surface area contributed by atoms with Gasteiger partial charge in [0.05, 0.1) is 6.61 Å². The predicted octanol–water partition coefficient (Wildman–Crippen LogP) is 0.406. The lowest BCUT2D eigenvalue weighted by atomic mass is 10.0. The average Bonchev–Trinajstić information content (AvgIpc) is 2.57. The van der Waals surface area contributed by atoms with E-state index in [1.807, 2.05) is 4.90 Å². The van der Waals surface area contributed by atoms with E-state index in [1.54, 1.807) is 29.2 Å². The topological polar surface area (TPSA) is 102 Å². The van der Waals surface area contributed by atoms with Crippen molar-refractivity contribution in [2.24, 2.45) is 11.5 Å². The molecule has 1 aromatic carbocycles. The molecule has 1 heterocycles. The van der Waals surface area contributed by atoms with E-state index in [9.17, 15) is 9.59 Å². The number of benzene rings is 1. The summed E-state index contributed by atoms with van der Waals surface area (Å²) >= 11 is 5.89. The van der Waals surface area contributed by atoms with Crippen molar-refractivity contribution in [1.82, 2.24) is 9.80 Å². The summed E-state index contributed by atoms with van der Waals surface area (Å²) in [5.41, 5.74) is 12.2. The van der Waals surface area contributed by atoms with Gasteiger partial charge in [-0.15, -0.1) is 12.4 Å². The Kier molecular flexibility index (Phi) is 8.61. The largest absolute Gasteiger partial charge is 0.383 e. The molecular weight excluding hydrogens is 367 g/mol. The number of methoxy groups -OCH3 is 1. The number of rotatable bonds is 6. The van der Waals surface area contributed by atoms with Gasteiger partial charge in [-0.25, -0.2) is 0 Å². The van der Waals surface area contributed by atoms with Crippen LogP contribution in [0.5, 0.6) is 0 Å². The van der Waals surface area contributed by atoms with E-state index >= 15 is 0 Å². The lowest BCUT2D eigenvalue weighted by molar-refractivity contribution is -0.136. The van der Waals surface area contributed by atoms with E-state index in [1.165, 1.54) is 7.11 Å². The Balaban J connectivity index is 0.00000312. The van der Waals surface area contributed by atoms with Crippen LogP contribution < -0.4 is 11.5 Å². The van der Waals surface area contributed by atoms with Crippen LogP contribution >= 0.6 is 24.0 Å². The molecule has 1 aromatic rings. The highest BCUT2D eigenvalue weighted by Gasteiger charge is 2.31. The summed E-state index contributed by atoms with van der Waals surface area (Å²) < 4.78 is 4.92. The zero-order valence-corrected chi connectivity index (χ0v) is 15.6. The van der Waals surface area contributed by atoms with Crippen LogP contribution in [0.1, 0.15) is 11.6 Å². The molecule has 0 aliphatic carbocycles. The van der Waals surface area contributed by atoms with Gasteiger partial charge in [-0.3, -0.25) is 14.5 Å². The Bertz CT molecular complexity index is 577. The van der Waals surface area contributed by atoms with Gasteiger partial charge < -0.3 is 21.1 Å². The van der Waals surface area contributed by atoms with E-state index in [0.717, 1.165) is 5.56 Å². The van der Waals surface area contributed by atoms with Gasteiger partial charge in [0.15, 0.2) is 0 Å². The maximum Gasteiger partial charge on any atom is 0.241 e. The maximum atomic E-state index is 12.2. The number of nitrogens with zero attached hydrogens (tertiary/aromatic N) is 2. The molecule has 9 heteroatoms. The minimum absolute atomic E-state index is 0. The molecule has 2 unspecified atom stereocenters. The molecule has 25 heavy (non-hydrogen) atoms. The molecule has 0 bridgehead atoms.